The first-order valence-corrected chi connectivity index (χ1v) is 6.41. The second-order valence-corrected chi connectivity index (χ2v) is 5.28. The van der Waals surface area contributed by atoms with Gasteiger partial charge in [0.25, 0.3) is 0 Å². The predicted octanol–water partition coefficient (Wildman–Crippen LogP) is 2.38. The van der Waals surface area contributed by atoms with E-state index in [0.717, 1.165) is 27.1 Å². The minimum Gasteiger partial charge on any atom is -0.322 e. The summed E-state index contributed by atoms with van der Waals surface area (Å²) in [4.78, 5) is 4.37. The molecule has 2 rings (SSSR count). The van der Waals surface area contributed by atoms with E-state index in [0.29, 0.717) is 0 Å². The number of hydrogen-bond acceptors (Lipinski definition) is 6. The molecular formula is C9H12N4S2. The van der Waals surface area contributed by atoms with Crippen LogP contribution in [0.2, 0.25) is 0 Å². The van der Waals surface area contributed by atoms with Gasteiger partial charge in [0.05, 0.1) is 11.0 Å². The van der Waals surface area contributed by atoms with Gasteiger partial charge in [0.15, 0.2) is 5.01 Å². The molecule has 0 amide bonds. The molecule has 2 heterocycles. The molecule has 0 aliphatic heterocycles. The van der Waals surface area contributed by atoms with Crippen LogP contribution in [0.25, 0.3) is 10.7 Å². The Balaban J connectivity index is 2.27. The van der Waals surface area contributed by atoms with Crippen LogP contribution in [0.4, 0.5) is 0 Å². The summed E-state index contributed by atoms with van der Waals surface area (Å²) in [5.41, 5.74) is 6.79. The highest BCUT2D eigenvalue weighted by Gasteiger charge is 2.13. The Hall–Kier alpha value is -0.850. The molecule has 15 heavy (non-hydrogen) atoms. The molecule has 0 aliphatic carbocycles. The Kier molecular flexibility index (Phi) is 3.08. The molecule has 2 aromatic rings. The largest absolute Gasteiger partial charge is 0.322 e. The maximum atomic E-state index is 5.88. The van der Waals surface area contributed by atoms with Gasteiger partial charge in [0.1, 0.15) is 10.7 Å². The van der Waals surface area contributed by atoms with Crippen LogP contribution in [0.15, 0.2) is 5.38 Å². The van der Waals surface area contributed by atoms with Crippen molar-refractivity contribution in [1.82, 2.24) is 15.2 Å². The molecule has 0 aliphatic rings. The molecule has 2 N–H and O–H groups in total. The zero-order chi connectivity index (χ0) is 10.8. The lowest BCUT2D eigenvalue weighted by Crippen LogP contribution is -2.07. The van der Waals surface area contributed by atoms with Gasteiger partial charge < -0.3 is 5.73 Å². The van der Waals surface area contributed by atoms with E-state index in [1.54, 1.807) is 11.3 Å². The third-order valence-electron chi connectivity index (χ3n) is 2.04. The summed E-state index contributed by atoms with van der Waals surface area (Å²) in [5, 5.41) is 13.0. The first-order valence-electron chi connectivity index (χ1n) is 4.72. The van der Waals surface area contributed by atoms with E-state index >= 15 is 0 Å². The molecule has 1 atom stereocenters. The average molecular weight is 240 g/mol. The normalized spacial score (nSPS) is 13.0. The molecule has 0 aromatic carbocycles. The number of aromatic nitrogens is 3. The summed E-state index contributed by atoms with van der Waals surface area (Å²) in [5.74, 6) is 0. The van der Waals surface area contributed by atoms with E-state index < -0.39 is 0 Å². The van der Waals surface area contributed by atoms with Gasteiger partial charge in [-0.3, -0.25) is 0 Å². The van der Waals surface area contributed by atoms with Crippen LogP contribution in [0.5, 0.6) is 0 Å². The lowest BCUT2D eigenvalue weighted by molar-refractivity contribution is 0.683. The summed E-state index contributed by atoms with van der Waals surface area (Å²) in [7, 11) is 0. The molecule has 6 heteroatoms. The van der Waals surface area contributed by atoms with Crippen LogP contribution in [0.1, 0.15) is 29.4 Å². The third-order valence-corrected chi connectivity index (χ3v) is 3.89. The highest BCUT2D eigenvalue weighted by atomic mass is 32.1. The Bertz CT molecular complexity index is 448. The summed E-state index contributed by atoms with van der Waals surface area (Å²) >= 11 is 3.15. The second kappa shape index (κ2) is 4.34. The van der Waals surface area contributed by atoms with Crippen LogP contribution in [-0.4, -0.2) is 15.2 Å². The Morgan fingerprint density at radius 3 is 2.87 bits per heavy atom. The number of hydrogen-bond donors (Lipinski definition) is 1. The standard InChI is InChI=1S/C9H12N4S2/c1-3-6(10)8-12-13-9(15-8)7-4-14-5(2)11-7/h4,6H,3,10H2,1-2H3. The van der Waals surface area contributed by atoms with Gasteiger partial charge >= 0.3 is 0 Å². The number of nitrogens with zero attached hydrogens (tertiary/aromatic N) is 3. The zero-order valence-corrected chi connectivity index (χ0v) is 10.2. The SMILES string of the molecule is CCC(N)c1nnc(-c2csc(C)n2)s1. The van der Waals surface area contributed by atoms with Gasteiger partial charge in [-0.25, -0.2) is 4.98 Å². The van der Waals surface area contributed by atoms with Crippen molar-refractivity contribution in [1.29, 1.82) is 0 Å². The molecule has 0 saturated heterocycles. The molecule has 1 unspecified atom stereocenters. The molecule has 4 nitrogen and oxygen atoms in total. The van der Waals surface area contributed by atoms with Gasteiger partial charge in [-0.2, -0.15) is 0 Å². The summed E-state index contributed by atoms with van der Waals surface area (Å²) < 4.78 is 0. The lowest BCUT2D eigenvalue weighted by Gasteiger charge is -2.00. The average Bonchev–Trinajstić information content (AvgIpc) is 2.84. The number of aryl methyl sites for hydroxylation is 1. The first kappa shape index (κ1) is 10.7. The van der Waals surface area contributed by atoms with Gasteiger partial charge in [0.2, 0.25) is 0 Å². The number of thiazole rings is 1. The lowest BCUT2D eigenvalue weighted by atomic mass is 10.3. The van der Waals surface area contributed by atoms with Crippen LogP contribution in [0.3, 0.4) is 0 Å². The quantitative estimate of drug-likeness (QED) is 0.894. The van der Waals surface area contributed by atoms with Crippen LogP contribution in [-0.2, 0) is 0 Å². The van der Waals surface area contributed by atoms with E-state index in [4.69, 9.17) is 5.73 Å². The molecule has 80 valence electrons. The fraction of sp³-hybridized carbons (Fsp3) is 0.444. The first-order chi connectivity index (χ1) is 7.20. The van der Waals surface area contributed by atoms with Gasteiger partial charge in [-0.15, -0.1) is 21.5 Å². The topological polar surface area (TPSA) is 64.7 Å². The van der Waals surface area contributed by atoms with Crippen molar-refractivity contribution < 1.29 is 0 Å². The van der Waals surface area contributed by atoms with Crippen LogP contribution >= 0.6 is 22.7 Å². The van der Waals surface area contributed by atoms with Crippen molar-refractivity contribution in [2.45, 2.75) is 26.3 Å². The summed E-state index contributed by atoms with van der Waals surface area (Å²) in [6.07, 6.45) is 0.880. The molecule has 0 fully saturated rings. The van der Waals surface area contributed by atoms with Crippen LogP contribution < -0.4 is 5.73 Å². The van der Waals surface area contributed by atoms with Crippen molar-refractivity contribution in [3.8, 4) is 10.7 Å². The van der Waals surface area contributed by atoms with E-state index in [9.17, 15) is 0 Å². The van der Waals surface area contributed by atoms with Gasteiger partial charge in [-0.05, 0) is 13.3 Å². The van der Waals surface area contributed by atoms with Crippen LogP contribution in [0, 0.1) is 6.92 Å². The minimum atomic E-state index is -0.00372. The predicted molar refractivity (Wildman–Crippen MR) is 63.0 cm³/mol. The van der Waals surface area contributed by atoms with Gasteiger partial charge in [0, 0.05) is 5.38 Å². The van der Waals surface area contributed by atoms with Crippen molar-refractivity contribution in [3.05, 3.63) is 15.4 Å². The Labute approximate surface area is 96.2 Å². The second-order valence-electron chi connectivity index (χ2n) is 3.21. The highest BCUT2D eigenvalue weighted by molar-refractivity contribution is 7.15. The molecule has 0 saturated carbocycles. The summed E-state index contributed by atoms with van der Waals surface area (Å²) in [6.45, 7) is 4.02. The molecule has 2 aromatic heterocycles. The third kappa shape index (κ3) is 2.22. The minimum absolute atomic E-state index is 0.00372. The Morgan fingerprint density at radius 2 is 2.27 bits per heavy atom. The van der Waals surface area contributed by atoms with E-state index in [1.807, 2.05) is 19.2 Å². The maximum Gasteiger partial charge on any atom is 0.167 e. The highest BCUT2D eigenvalue weighted by Crippen LogP contribution is 2.27. The monoisotopic (exact) mass is 240 g/mol. The maximum absolute atomic E-state index is 5.88. The van der Waals surface area contributed by atoms with Crippen molar-refractivity contribution in [2.24, 2.45) is 5.73 Å². The number of rotatable bonds is 3. The van der Waals surface area contributed by atoms with Crippen molar-refractivity contribution >= 4 is 22.7 Å². The number of nitrogens with two attached hydrogens (primary N) is 1. The van der Waals surface area contributed by atoms with E-state index in [2.05, 4.69) is 15.2 Å². The molecular weight excluding hydrogens is 228 g/mol. The Morgan fingerprint density at radius 1 is 1.47 bits per heavy atom. The molecule has 0 radical (unpaired) electrons. The molecule has 0 spiro atoms. The fourth-order valence-electron chi connectivity index (χ4n) is 1.12. The summed E-state index contributed by atoms with van der Waals surface area (Å²) in [6, 6.07) is -0.00372. The molecule has 0 bridgehead atoms. The zero-order valence-electron chi connectivity index (χ0n) is 8.60. The smallest absolute Gasteiger partial charge is 0.167 e. The van der Waals surface area contributed by atoms with Crippen molar-refractivity contribution in [3.63, 3.8) is 0 Å². The van der Waals surface area contributed by atoms with Crippen molar-refractivity contribution in [2.75, 3.05) is 0 Å². The van der Waals surface area contributed by atoms with E-state index in [1.165, 1.54) is 11.3 Å². The van der Waals surface area contributed by atoms with E-state index in [-0.39, 0.29) is 6.04 Å². The fourth-order valence-corrected chi connectivity index (χ4v) is 2.68. The van der Waals surface area contributed by atoms with Gasteiger partial charge in [-0.1, -0.05) is 18.3 Å².